The number of carbonyl (C=O) groups excluding carboxylic acids is 1. The number of aromatic nitrogens is 1. The van der Waals surface area contributed by atoms with Crippen LogP contribution in [0.2, 0.25) is 5.02 Å². The van der Waals surface area contributed by atoms with Crippen molar-refractivity contribution in [3.05, 3.63) is 63.6 Å². The molecule has 3 rings (SSSR count). The Balaban J connectivity index is 1.39. The quantitative estimate of drug-likeness (QED) is 0.606. The van der Waals surface area contributed by atoms with E-state index in [1.807, 2.05) is 25.1 Å². The Labute approximate surface area is 160 Å². The second kappa shape index (κ2) is 8.75. The summed E-state index contributed by atoms with van der Waals surface area (Å²) in [5, 5.41) is 6.05. The molecule has 8 heteroatoms. The molecule has 1 heterocycles. The smallest absolute Gasteiger partial charge is 0.408 e. The highest BCUT2D eigenvalue weighted by molar-refractivity contribution is 6.31. The van der Waals surface area contributed by atoms with E-state index in [-0.39, 0.29) is 6.03 Å². The van der Waals surface area contributed by atoms with Gasteiger partial charge in [-0.05, 0) is 36.8 Å². The van der Waals surface area contributed by atoms with Crippen LogP contribution in [0.1, 0.15) is 5.56 Å². The largest absolute Gasteiger partial charge is 0.420 e. The number of nitrogens with zero attached hydrogens (tertiary/aromatic N) is 1. The number of ether oxygens (including phenoxy) is 1. The molecule has 142 valence electrons. The molecule has 2 N–H and O–H groups in total. The van der Waals surface area contributed by atoms with E-state index in [4.69, 9.17) is 20.8 Å². The van der Waals surface area contributed by atoms with E-state index in [0.717, 1.165) is 11.1 Å². The Morgan fingerprint density at radius 2 is 2.00 bits per heavy atom. The van der Waals surface area contributed by atoms with Crippen LogP contribution in [0, 0.1) is 6.92 Å². The van der Waals surface area contributed by atoms with E-state index < -0.39 is 5.76 Å². The number of rotatable bonds is 7. The van der Waals surface area contributed by atoms with Gasteiger partial charge in [-0.2, -0.15) is 0 Å². The zero-order chi connectivity index (χ0) is 19.2. The Hall–Kier alpha value is -2.77. The van der Waals surface area contributed by atoms with Gasteiger partial charge in [0.25, 0.3) is 0 Å². The van der Waals surface area contributed by atoms with Crippen LogP contribution in [0.15, 0.2) is 51.7 Å². The average Bonchev–Trinajstić information content (AvgIpc) is 2.97. The van der Waals surface area contributed by atoms with E-state index in [1.165, 1.54) is 4.57 Å². The van der Waals surface area contributed by atoms with Crippen LogP contribution < -0.4 is 16.4 Å². The summed E-state index contributed by atoms with van der Waals surface area (Å²) in [6, 6.07) is 12.2. The molecule has 0 atom stereocenters. The van der Waals surface area contributed by atoms with Gasteiger partial charge < -0.3 is 19.8 Å². The molecule has 0 bridgehead atoms. The maximum Gasteiger partial charge on any atom is 0.420 e. The van der Waals surface area contributed by atoms with Crippen molar-refractivity contribution in [1.82, 2.24) is 9.88 Å². The van der Waals surface area contributed by atoms with Crippen molar-refractivity contribution in [3.8, 4) is 0 Å². The molecule has 0 aliphatic rings. The van der Waals surface area contributed by atoms with Crippen molar-refractivity contribution >= 4 is 34.4 Å². The maximum absolute atomic E-state index is 11.9. The van der Waals surface area contributed by atoms with Gasteiger partial charge in [-0.25, -0.2) is 9.59 Å². The lowest BCUT2D eigenvalue weighted by molar-refractivity contribution is 0.128. The number of anilines is 1. The molecule has 0 unspecified atom stereocenters. The van der Waals surface area contributed by atoms with Crippen molar-refractivity contribution in [1.29, 1.82) is 0 Å². The Morgan fingerprint density at radius 3 is 2.85 bits per heavy atom. The van der Waals surface area contributed by atoms with E-state index in [0.29, 0.717) is 42.6 Å². The van der Waals surface area contributed by atoms with Crippen molar-refractivity contribution in [2.45, 2.75) is 13.5 Å². The third-order valence-electron chi connectivity index (χ3n) is 4.08. The normalized spacial score (nSPS) is 10.9. The number of halogens is 1. The van der Waals surface area contributed by atoms with Crippen LogP contribution in [0.5, 0.6) is 0 Å². The van der Waals surface area contributed by atoms with Crippen molar-refractivity contribution in [2.75, 3.05) is 25.1 Å². The Bertz CT molecular complexity index is 996. The molecular weight excluding hydrogens is 370 g/mol. The summed E-state index contributed by atoms with van der Waals surface area (Å²) in [5.74, 6) is -0.408. The Kier molecular flexibility index (Phi) is 6.16. The van der Waals surface area contributed by atoms with Crippen LogP contribution in [-0.4, -0.2) is 30.4 Å². The van der Waals surface area contributed by atoms with Gasteiger partial charge in [0, 0.05) is 17.3 Å². The minimum Gasteiger partial charge on any atom is -0.408 e. The molecule has 3 aromatic rings. The standard InChI is InChI=1S/C19H20ClN3O4/c1-13-14(20)5-4-6-15(13)22-18(24)21-9-11-26-12-10-23-16-7-2-3-8-17(16)27-19(23)25/h2-8H,9-12H2,1H3,(H2,21,22,24). The van der Waals surface area contributed by atoms with Crippen LogP contribution >= 0.6 is 11.6 Å². The molecule has 7 nitrogen and oxygen atoms in total. The van der Waals surface area contributed by atoms with Gasteiger partial charge in [0.15, 0.2) is 5.58 Å². The van der Waals surface area contributed by atoms with Gasteiger partial charge >= 0.3 is 11.8 Å². The number of para-hydroxylation sites is 2. The first-order valence-electron chi connectivity index (χ1n) is 8.52. The van der Waals surface area contributed by atoms with Gasteiger partial charge in [-0.3, -0.25) is 4.57 Å². The molecule has 0 aliphatic heterocycles. The lowest BCUT2D eigenvalue weighted by Crippen LogP contribution is -2.32. The fourth-order valence-electron chi connectivity index (χ4n) is 2.63. The first-order valence-corrected chi connectivity index (χ1v) is 8.90. The summed E-state index contributed by atoms with van der Waals surface area (Å²) in [6.45, 7) is 3.21. The second-order valence-electron chi connectivity index (χ2n) is 5.89. The predicted molar refractivity (Wildman–Crippen MR) is 105 cm³/mol. The highest BCUT2D eigenvalue weighted by Crippen LogP contribution is 2.22. The monoisotopic (exact) mass is 389 g/mol. The third-order valence-corrected chi connectivity index (χ3v) is 4.49. The molecule has 2 aromatic carbocycles. The number of nitrogens with one attached hydrogen (secondary N) is 2. The molecular formula is C19H20ClN3O4. The molecule has 27 heavy (non-hydrogen) atoms. The molecule has 0 saturated heterocycles. The van der Waals surface area contributed by atoms with E-state index in [1.54, 1.807) is 24.3 Å². The SMILES string of the molecule is Cc1c(Cl)cccc1NC(=O)NCCOCCn1c(=O)oc2ccccc21. The molecule has 2 amide bonds. The number of urea groups is 1. The number of carbonyl (C=O) groups is 1. The highest BCUT2D eigenvalue weighted by Gasteiger charge is 2.08. The van der Waals surface area contributed by atoms with Gasteiger partial charge in [-0.1, -0.05) is 29.8 Å². The maximum atomic E-state index is 11.9. The molecule has 0 spiro atoms. The minimum absolute atomic E-state index is 0.326. The summed E-state index contributed by atoms with van der Waals surface area (Å²) in [6.07, 6.45) is 0. The average molecular weight is 390 g/mol. The van der Waals surface area contributed by atoms with Crippen molar-refractivity contribution in [3.63, 3.8) is 0 Å². The zero-order valence-corrected chi connectivity index (χ0v) is 15.6. The molecule has 0 fully saturated rings. The van der Waals surface area contributed by atoms with Crippen molar-refractivity contribution < 1.29 is 13.9 Å². The third kappa shape index (κ3) is 4.69. The summed E-state index contributed by atoms with van der Waals surface area (Å²) in [5.41, 5.74) is 2.76. The first-order chi connectivity index (χ1) is 13.1. The van der Waals surface area contributed by atoms with Crippen LogP contribution in [0.25, 0.3) is 11.1 Å². The topological polar surface area (TPSA) is 85.5 Å². The number of hydrogen-bond donors (Lipinski definition) is 2. The van der Waals surface area contributed by atoms with E-state index >= 15 is 0 Å². The van der Waals surface area contributed by atoms with Crippen LogP contribution in [-0.2, 0) is 11.3 Å². The summed E-state index contributed by atoms with van der Waals surface area (Å²) >= 11 is 6.03. The summed E-state index contributed by atoms with van der Waals surface area (Å²) in [7, 11) is 0. The first kappa shape index (κ1) is 19.0. The second-order valence-corrected chi connectivity index (χ2v) is 6.30. The lowest BCUT2D eigenvalue weighted by Gasteiger charge is -2.11. The Morgan fingerprint density at radius 1 is 1.19 bits per heavy atom. The number of amides is 2. The van der Waals surface area contributed by atoms with E-state index in [2.05, 4.69) is 10.6 Å². The number of benzene rings is 2. The van der Waals surface area contributed by atoms with Gasteiger partial charge in [0.2, 0.25) is 0 Å². The van der Waals surface area contributed by atoms with Crippen LogP contribution in [0.4, 0.5) is 10.5 Å². The minimum atomic E-state index is -0.408. The van der Waals surface area contributed by atoms with Gasteiger partial charge in [0.05, 0.1) is 25.3 Å². The number of oxazole rings is 1. The van der Waals surface area contributed by atoms with Gasteiger partial charge in [0.1, 0.15) is 0 Å². The van der Waals surface area contributed by atoms with Crippen LogP contribution in [0.3, 0.4) is 0 Å². The molecule has 0 radical (unpaired) electrons. The fourth-order valence-corrected chi connectivity index (χ4v) is 2.80. The van der Waals surface area contributed by atoms with Crippen molar-refractivity contribution in [2.24, 2.45) is 0 Å². The fraction of sp³-hybridized carbons (Fsp3) is 0.263. The zero-order valence-electron chi connectivity index (χ0n) is 14.8. The highest BCUT2D eigenvalue weighted by atomic mass is 35.5. The summed E-state index contributed by atoms with van der Waals surface area (Å²) < 4.78 is 12.2. The molecule has 1 aromatic heterocycles. The van der Waals surface area contributed by atoms with E-state index in [9.17, 15) is 9.59 Å². The molecule has 0 aliphatic carbocycles. The predicted octanol–water partition coefficient (Wildman–Crippen LogP) is 3.39. The lowest BCUT2D eigenvalue weighted by atomic mass is 10.2. The number of hydrogen-bond acceptors (Lipinski definition) is 4. The number of fused-ring (bicyclic) bond motifs is 1. The molecule has 0 saturated carbocycles. The summed E-state index contributed by atoms with van der Waals surface area (Å²) in [4.78, 5) is 23.7. The van der Waals surface area contributed by atoms with Gasteiger partial charge in [-0.15, -0.1) is 0 Å².